The molecule has 2 aromatic rings. The second kappa shape index (κ2) is 8.32. The van der Waals surface area contributed by atoms with Gasteiger partial charge in [0.1, 0.15) is 6.04 Å². The molecule has 0 aliphatic carbocycles. The summed E-state index contributed by atoms with van der Waals surface area (Å²) in [6.07, 6.45) is 2.87. The molecular formula is C23H32NO3+. The molecule has 2 atom stereocenters. The Morgan fingerprint density at radius 2 is 1.85 bits per heavy atom. The van der Waals surface area contributed by atoms with E-state index >= 15 is 0 Å². The molecule has 0 bridgehead atoms. The standard InChI is InChI=1S/C23H32NO3/c1-17-6-8-20-19(14-17)10-12-24(2,11-5-13-25)21(20)15-18-7-9-22(26-3)23(16-18)27-4/h6-9,14,16,21,25H,5,10-13,15H2,1-4H3/q+1/t21-,24-/m1/s1. The number of fused-ring (bicyclic) bond motifs is 1. The fourth-order valence-corrected chi connectivity index (χ4v) is 4.40. The van der Waals surface area contributed by atoms with Crippen molar-refractivity contribution in [1.82, 2.24) is 0 Å². The van der Waals surface area contributed by atoms with Crippen LogP contribution in [0.3, 0.4) is 0 Å². The van der Waals surface area contributed by atoms with Crippen molar-refractivity contribution in [3.63, 3.8) is 0 Å². The lowest BCUT2D eigenvalue weighted by Crippen LogP contribution is -2.52. The van der Waals surface area contributed by atoms with Crippen LogP contribution in [0.5, 0.6) is 11.5 Å². The summed E-state index contributed by atoms with van der Waals surface area (Å²) in [5.74, 6) is 1.54. The van der Waals surface area contributed by atoms with Crippen molar-refractivity contribution in [3.05, 3.63) is 58.7 Å². The van der Waals surface area contributed by atoms with Crippen molar-refractivity contribution >= 4 is 0 Å². The SMILES string of the molecule is COc1ccc(C[C@@H]2c3ccc(C)cc3CC[N@@+]2(C)CCCO)cc1OC. The zero-order valence-electron chi connectivity index (χ0n) is 17.0. The van der Waals surface area contributed by atoms with E-state index < -0.39 is 0 Å². The Bertz CT molecular complexity index is 789. The van der Waals surface area contributed by atoms with Crippen LogP contribution in [-0.4, -0.2) is 50.6 Å². The quantitative estimate of drug-likeness (QED) is 0.756. The summed E-state index contributed by atoms with van der Waals surface area (Å²) in [6.45, 7) is 4.51. The average Bonchev–Trinajstić information content (AvgIpc) is 2.68. The van der Waals surface area contributed by atoms with Gasteiger partial charge in [0.25, 0.3) is 0 Å². The highest BCUT2D eigenvalue weighted by molar-refractivity contribution is 5.44. The lowest BCUT2D eigenvalue weighted by Gasteiger charge is -2.46. The molecule has 1 aliphatic heterocycles. The van der Waals surface area contributed by atoms with Gasteiger partial charge in [-0.05, 0) is 30.2 Å². The van der Waals surface area contributed by atoms with E-state index in [-0.39, 0.29) is 6.61 Å². The largest absolute Gasteiger partial charge is 0.493 e. The molecule has 27 heavy (non-hydrogen) atoms. The van der Waals surface area contributed by atoms with Gasteiger partial charge in [0, 0.05) is 31.4 Å². The van der Waals surface area contributed by atoms with Crippen molar-refractivity contribution in [3.8, 4) is 11.5 Å². The number of rotatable bonds is 7. The molecule has 1 N–H and O–H groups in total. The van der Waals surface area contributed by atoms with Crippen molar-refractivity contribution in [2.75, 3.05) is 41.0 Å². The number of ether oxygens (including phenoxy) is 2. The second-order valence-corrected chi connectivity index (χ2v) is 7.87. The highest BCUT2D eigenvalue weighted by Crippen LogP contribution is 2.39. The number of quaternary nitrogens is 1. The predicted molar refractivity (Wildman–Crippen MR) is 108 cm³/mol. The third kappa shape index (κ3) is 4.12. The Morgan fingerprint density at radius 1 is 1.07 bits per heavy atom. The first-order valence-corrected chi connectivity index (χ1v) is 9.76. The van der Waals surface area contributed by atoms with Gasteiger partial charge < -0.3 is 19.1 Å². The van der Waals surface area contributed by atoms with Gasteiger partial charge in [0.2, 0.25) is 0 Å². The zero-order valence-corrected chi connectivity index (χ0v) is 17.0. The zero-order chi connectivity index (χ0) is 19.4. The van der Waals surface area contributed by atoms with E-state index in [4.69, 9.17) is 9.47 Å². The number of hydrogen-bond donors (Lipinski definition) is 1. The number of methoxy groups -OCH3 is 2. The maximum Gasteiger partial charge on any atom is 0.160 e. The third-order valence-electron chi connectivity index (χ3n) is 6.01. The fourth-order valence-electron chi connectivity index (χ4n) is 4.40. The van der Waals surface area contributed by atoms with Gasteiger partial charge in [-0.15, -0.1) is 0 Å². The molecule has 1 heterocycles. The third-order valence-corrected chi connectivity index (χ3v) is 6.01. The van der Waals surface area contributed by atoms with Crippen LogP contribution in [0, 0.1) is 6.92 Å². The Hall–Kier alpha value is -2.04. The van der Waals surface area contributed by atoms with Gasteiger partial charge in [-0.2, -0.15) is 0 Å². The molecule has 4 nitrogen and oxygen atoms in total. The first-order chi connectivity index (χ1) is 13.0. The summed E-state index contributed by atoms with van der Waals surface area (Å²) in [6, 6.07) is 13.5. The van der Waals surface area contributed by atoms with Crippen molar-refractivity contribution in [1.29, 1.82) is 0 Å². The number of benzene rings is 2. The summed E-state index contributed by atoms with van der Waals surface area (Å²) in [5, 5.41) is 9.40. The highest BCUT2D eigenvalue weighted by Gasteiger charge is 2.38. The van der Waals surface area contributed by atoms with Crippen LogP contribution in [-0.2, 0) is 12.8 Å². The van der Waals surface area contributed by atoms with Gasteiger partial charge in [-0.25, -0.2) is 0 Å². The minimum atomic E-state index is 0.248. The Balaban J connectivity index is 1.98. The van der Waals surface area contributed by atoms with E-state index in [9.17, 15) is 5.11 Å². The molecule has 0 unspecified atom stereocenters. The molecule has 4 heteroatoms. The number of aliphatic hydroxyl groups excluding tert-OH is 1. The van der Waals surface area contributed by atoms with E-state index in [1.165, 1.54) is 22.3 Å². The van der Waals surface area contributed by atoms with E-state index in [0.717, 1.165) is 48.3 Å². The van der Waals surface area contributed by atoms with Crippen molar-refractivity contribution in [2.45, 2.75) is 32.2 Å². The molecule has 3 rings (SSSR count). The second-order valence-electron chi connectivity index (χ2n) is 7.87. The molecule has 0 fully saturated rings. The Kier molecular flexibility index (Phi) is 6.08. The molecule has 0 spiro atoms. The van der Waals surface area contributed by atoms with E-state index in [1.807, 2.05) is 6.07 Å². The predicted octanol–water partition coefficient (Wildman–Crippen LogP) is 3.68. The van der Waals surface area contributed by atoms with E-state index in [0.29, 0.717) is 6.04 Å². The van der Waals surface area contributed by atoms with Crippen LogP contribution in [0.25, 0.3) is 0 Å². The van der Waals surface area contributed by atoms with Crippen LogP contribution in [0.1, 0.15) is 34.7 Å². The summed E-state index contributed by atoms with van der Waals surface area (Å²) >= 11 is 0. The van der Waals surface area contributed by atoms with Crippen LogP contribution in [0.15, 0.2) is 36.4 Å². The maximum absolute atomic E-state index is 9.40. The smallest absolute Gasteiger partial charge is 0.160 e. The number of nitrogens with zero attached hydrogens (tertiary/aromatic N) is 1. The minimum absolute atomic E-state index is 0.248. The number of likely N-dealkylation sites (N-methyl/N-ethyl adjacent to an activating group) is 1. The Morgan fingerprint density at radius 3 is 2.56 bits per heavy atom. The Labute approximate surface area is 162 Å². The molecule has 0 radical (unpaired) electrons. The highest BCUT2D eigenvalue weighted by atomic mass is 16.5. The first-order valence-electron chi connectivity index (χ1n) is 9.76. The molecule has 2 aromatic carbocycles. The fraction of sp³-hybridized carbons (Fsp3) is 0.478. The normalized spacial score (nSPS) is 21.6. The van der Waals surface area contributed by atoms with Gasteiger partial charge in [-0.3, -0.25) is 0 Å². The summed E-state index contributed by atoms with van der Waals surface area (Å²) < 4.78 is 11.9. The molecular weight excluding hydrogens is 338 g/mol. The molecule has 1 aliphatic rings. The number of hydrogen-bond acceptors (Lipinski definition) is 3. The minimum Gasteiger partial charge on any atom is -0.493 e. The summed E-state index contributed by atoms with van der Waals surface area (Å²) in [4.78, 5) is 0. The average molecular weight is 371 g/mol. The monoisotopic (exact) mass is 370 g/mol. The first kappa shape index (κ1) is 19.7. The lowest BCUT2D eigenvalue weighted by atomic mass is 9.85. The number of aryl methyl sites for hydroxylation is 1. The number of aliphatic hydroxyl groups is 1. The molecule has 0 saturated carbocycles. The van der Waals surface area contributed by atoms with Crippen molar-refractivity contribution in [2.24, 2.45) is 0 Å². The molecule has 0 saturated heterocycles. The van der Waals surface area contributed by atoms with E-state index in [1.54, 1.807) is 14.2 Å². The van der Waals surface area contributed by atoms with E-state index in [2.05, 4.69) is 44.3 Å². The maximum atomic E-state index is 9.40. The van der Waals surface area contributed by atoms with Crippen LogP contribution in [0.4, 0.5) is 0 Å². The molecule has 146 valence electrons. The van der Waals surface area contributed by atoms with Gasteiger partial charge in [-0.1, -0.05) is 29.8 Å². The molecule has 0 aromatic heterocycles. The topological polar surface area (TPSA) is 38.7 Å². The van der Waals surface area contributed by atoms with Gasteiger partial charge >= 0.3 is 0 Å². The lowest BCUT2D eigenvalue weighted by molar-refractivity contribution is -0.941. The molecule has 0 amide bonds. The van der Waals surface area contributed by atoms with Crippen LogP contribution >= 0.6 is 0 Å². The summed E-state index contributed by atoms with van der Waals surface area (Å²) in [7, 11) is 5.69. The van der Waals surface area contributed by atoms with Crippen LogP contribution < -0.4 is 9.47 Å². The van der Waals surface area contributed by atoms with Gasteiger partial charge in [0.05, 0.1) is 34.4 Å². The van der Waals surface area contributed by atoms with Gasteiger partial charge in [0.15, 0.2) is 11.5 Å². The van der Waals surface area contributed by atoms with Crippen molar-refractivity contribution < 1.29 is 19.1 Å². The summed E-state index contributed by atoms with van der Waals surface area (Å²) in [5.41, 5.74) is 5.49. The van der Waals surface area contributed by atoms with Crippen LogP contribution in [0.2, 0.25) is 0 Å².